The molecule has 0 aliphatic carbocycles. The summed E-state index contributed by atoms with van der Waals surface area (Å²) in [6.07, 6.45) is 0. The second-order valence-corrected chi connectivity index (χ2v) is 3.33. The minimum atomic E-state index is 0.227. The molecule has 0 radical (unpaired) electrons. The first-order valence-electron chi connectivity index (χ1n) is 3.99. The maximum atomic E-state index is 9.58. The van der Waals surface area contributed by atoms with Gasteiger partial charge in [-0.15, -0.1) is 0 Å². The number of aliphatic imine (C=N–C) groups is 1. The van der Waals surface area contributed by atoms with Crippen LogP contribution in [0.15, 0.2) is 17.1 Å². The van der Waals surface area contributed by atoms with Crippen molar-refractivity contribution in [2.45, 2.75) is 13.8 Å². The van der Waals surface area contributed by atoms with Gasteiger partial charge in [0.05, 0.1) is 0 Å². The molecule has 3 heteroatoms. The van der Waals surface area contributed by atoms with Gasteiger partial charge in [0.15, 0.2) is 0 Å². The number of aryl methyl sites for hydroxylation is 1. The van der Waals surface area contributed by atoms with Gasteiger partial charge in [0.2, 0.25) is 0 Å². The predicted molar refractivity (Wildman–Crippen MR) is 56.0 cm³/mol. The van der Waals surface area contributed by atoms with Crippen molar-refractivity contribution in [2.75, 3.05) is 7.05 Å². The minimum Gasteiger partial charge on any atom is -0.507 e. The highest BCUT2D eigenvalue weighted by Gasteiger charge is 2.06. The van der Waals surface area contributed by atoms with Gasteiger partial charge in [-0.1, -0.05) is 11.6 Å². The third-order valence-corrected chi connectivity index (χ3v) is 2.41. The number of hydrogen-bond acceptors (Lipinski definition) is 2. The number of hydrogen-bond donors (Lipinski definition) is 1. The molecule has 0 heterocycles. The zero-order chi connectivity index (χ0) is 10.0. The van der Waals surface area contributed by atoms with Gasteiger partial charge in [-0.05, 0) is 31.5 Å². The summed E-state index contributed by atoms with van der Waals surface area (Å²) in [6.45, 7) is 3.69. The van der Waals surface area contributed by atoms with Crippen LogP contribution in [0.3, 0.4) is 0 Å². The van der Waals surface area contributed by atoms with Crippen LogP contribution in [0, 0.1) is 6.92 Å². The maximum Gasteiger partial charge on any atom is 0.124 e. The molecule has 0 saturated heterocycles. The molecule has 0 amide bonds. The molecule has 1 aromatic rings. The van der Waals surface area contributed by atoms with Gasteiger partial charge in [0, 0.05) is 23.3 Å². The Balaban J connectivity index is 3.32. The van der Waals surface area contributed by atoms with Crippen LogP contribution in [0.5, 0.6) is 5.75 Å². The molecule has 2 nitrogen and oxygen atoms in total. The molecule has 0 aliphatic rings. The van der Waals surface area contributed by atoms with E-state index in [1.165, 1.54) is 0 Å². The van der Waals surface area contributed by atoms with Crippen LogP contribution in [-0.2, 0) is 0 Å². The van der Waals surface area contributed by atoms with Crippen LogP contribution < -0.4 is 0 Å². The lowest BCUT2D eigenvalue weighted by Gasteiger charge is -2.06. The van der Waals surface area contributed by atoms with E-state index in [0.29, 0.717) is 10.6 Å². The van der Waals surface area contributed by atoms with Gasteiger partial charge >= 0.3 is 0 Å². The second-order valence-electron chi connectivity index (χ2n) is 2.93. The van der Waals surface area contributed by atoms with E-state index in [0.717, 1.165) is 11.3 Å². The van der Waals surface area contributed by atoms with Crippen LogP contribution in [0.4, 0.5) is 0 Å². The summed E-state index contributed by atoms with van der Waals surface area (Å²) >= 11 is 5.92. The van der Waals surface area contributed by atoms with Crippen LogP contribution >= 0.6 is 11.6 Å². The summed E-state index contributed by atoms with van der Waals surface area (Å²) in [6, 6.07) is 3.38. The fourth-order valence-electron chi connectivity index (χ4n) is 1.08. The van der Waals surface area contributed by atoms with E-state index >= 15 is 0 Å². The lowest BCUT2D eigenvalue weighted by Crippen LogP contribution is -1.95. The second kappa shape index (κ2) is 3.79. The van der Waals surface area contributed by atoms with Crippen molar-refractivity contribution in [1.29, 1.82) is 0 Å². The van der Waals surface area contributed by atoms with Gasteiger partial charge in [-0.2, -0.15) is 0 Å². The Hall–Kier alpha value is -1.02. The molecule has 0 bridgehead atoms. The summed E-state index contributed by atoms with van der Waals surface area (Å²) in [7, 11) is 1.68. The standard InChI is InChI=1S/C10H12ClNO/c1-6-4-10(13)8(5-9(6)11)7(2)12-3/h4-5,13H,1-3H3. The molecule has 0 saturated carbocycles. The summed E-state index contributed by atoms with van der Waals surface area (Å²) in [5.74, 6) is 0.227. The van der Waals surface area contributed by atoms with Gasteiger partial charge in [0.25, 0.3) is 0 Å². The first-order valence-corrected chi connectivity index (χ1v) is 4.37. The van der Waals surface area contributed by atoms with Crippen molar-refractivity contribution >= 4 is 17.3 Å². The Morgan fingerprint density at radius 2 is 2.08 bits per heavy atom. The molecule has 1 aromatic carbocycles. The number of rotatable bonds is 1. The average Bonchev–Trinajstić information content (AvgIpc) is 2.10. The third-order valence-electron chi connectivity index (χ3n) is 2.00. The van der Waals surface area contributed by atoms with Crippen LogP contribution in [0.25, 0.3) is 0 Å². The van der Waals surface area contributed by atoms with Gasteiger partial charge in [-0.25, -0.2) is 0 Å². The Bertz CT molecular complexity index is 358. The largest absolute Gasteiger partial charge is 0.507 e. The zero-order valence-corrected chi connectivity index (χ0v) is 8.68. The smallest absolute Gasteiger partial charge is 0.124 e. The van der Waals surface area contributed by atoms with Crippen molar-refractivity contribution in [1.82, 2.24) is 0 Å². The van der Waals surface area contributed by atoms with Crippen molar-refractivity contribution in [3.8, 4) is 5.75 Å². The number of nitrogens with zero attached hydrogens (tertiary/aromatic N) is 1. The molecule has 0 spiro atoms. The Kier molecular flexibility index (Phi) is 2.94. The van der Waals surface area contributed by atoms with Gasteiger partial charge in [0.1, 0.15) is 5.75 Å². The molecule has 0 unspecified atom stereocenters. The fourth-order valence-corrected chi connectivity index (χ4v) is 1.24. The quantitative estimate of drug-likeness (QED) is 0.690. The van der Waals surface area contributed by atoms with E-state index in [2.05, 4.69) is 4.99 Å². The monoisotopic (exact) mass is 197 g/mol. The molecule has 70 valence electrons. The maximum absolute atomic E-state index is 9.58. The lowest BCUT2D eigenvalue weighted by atomic mass is 10.1. The highest BCUT2D eigenvalue weighted by molar-refractivity contribution is 6.31. The molecule has 0 aliphatic heterocycles. The van der Waals surface area contributed by atoms with E-state index in [1.54, 1.807) is 19.2 Å². The number of benzene rings is 1. The Morgan fingerprint density at radius 3 is 2.62 bits per heavy atom. The van der Waals surface area contributed by atoms with E-state index in [1.807, 2.05) is 13.8 Å². The van der Waals surface area contributed by atoms with Crippen LogP contribution in [0.2, 0.25) is 5.02 Å². The summed E-state index contributed by atoms with van der Waals surface area (Å²) in [5.41, 5.74) is 2.34. The lowest BCUT2D eigenvalue weighted by molar-refractivity contribution is 0.473. The normalized spacial score (nSPS) is 11.8. The molecular weight excluding hydrogens is 186 g/mol. The molecule has 0 atom stereocenters. The minimum absolute atomic E-state index is 0.227. The summed E-state index contributed by atoms with van der Waals surface area (Å²) in [5, 5.41) is 10.2. The number of phenols is 1. The number of phenolic OH excluding ortho intramolecular Hbond substituents is 1. The van der Waals surface area contributed by atoms with E-state index < -0.39 is 0 Å². The molecule has 0 aromatic heterocycles. The van der Waals surface area contributed by atoms with Crippen LogP contribution in [-0.4, -0.2) is 17.9 Å². The zero-order valence-electron chi connectivity index (χ0n) is 7.93. The predicted octanol–water partition coefficient (Wildman–Crippen LogP) is 2.79. The van der Waals surface area contributed by atoms with Crippen LogP contribution in [0.1, 0.15) is 18.1 Å². The van der Waals surface area contributed by atoms with Gasteiger partial charge in [-0.3, -0.25) is 4.99 Å². The highest BCUT2D eigenvalue weighted by atomic mass is 35.5. The Labute approximate surface area is 82.9 Å². The molecule has 13 heavy (non-hydrogen) atoms. The van der Waals surface area contributed by atoms with E-state index in [9.17, 15) is 5.11 Å². The fraction of sp³-hybridized carbons (Fsp3) is 0.300. The molecule has 1 N–H and O–H groups in total. The molecule has 1 rings (SSSR count). The van der Waals surface area contributed by atoms with Crippen molar-refractivity contribution < 1.29 is 5.11 Å². The highest BCUT2D eigenvalue weighted by Crippen LogP contribution is 2.25. The topological polar surface area (TPSA) is 32.6 Å². The molecular formula is C10H12ClNO. The van der Waals surface area contributed by atoms with E-state index in [4.69, 9.17) is 11.6 Å². The van der Waals surface area contributed by atoms with Crippen molar-refractivity contribution in [2.24, 2.45) is 4.99 Å². The molecule has 0 fully saturated rings. The first kappa shape index (κ1) is 10.1. The van der Waals surface area contributed by atoms with E-state index in [-0.39, 0.29) is 5.75 Å². The third kappa shape index (κ3) is 2.01. The SMILES string of the molecule is CN=C(C)c1cc(Cl)c(C)cc1O. The number of aromatic hydroxyl groups is 1. The van der Waals surface area contributed by atoms with Crippen molar-refractivity contribution in [3.63, 3.8) is 0 Å². The van der Waals surface area contributed by atoms with Crippen molar-refractivity contribution in [3.05, 3.63) is 28.3 Å². The first-order chi connectivity index (χ1) is 6.06. The number of halogens is 1. The summed E-state index contributed by atoms with van der Waals surface area (Å²) in [4.78, 5) is 3.99. The Morgan fingerprint density at radius 1 is 1.46 bits per heavy atom. The average molecular weight is 198 g/mol. The summed E-state index contributed by atoms with van der Waals surface area (Å²) < 4.78 is 0. The van der Waals surface area contributed by atoms with Gasteiger partial charge < -0.3 is 5.11 Å².